The van der Waals surface area contributed by atoms with Gasteiger partial charge in [-0.1, -0.05) is 0 Å². The van der Waals surface area contributed by atoms with Gasteiger partial charge in [0, 0.05) is 56.6 Å². The third-order valence-electron chi connectivity index (χ3n) is 9.35. The predicted octanol–water partition coefficient (Wildman–Crippen LogP) is 0.546. The van der Waals surface area contributed by atoms with Crippen LogP contribution in [0.2, 0.25) is 0 Å². The van der Waals surface area contributed by atoms with Crippen LogP contribution in [0.1, 0.15) is 36.0 Å². The number of Topliss-reactive ketones (excluding diaryl/α,β-unsaturated/α-hetero) is 2. The van der Waals surface area contributed by atoms with Crippen molar-refractivity contribution in [3.8, 4) is 5.75 Å². The number of phenolic OH excluding ortho intramolecular Hbond substituents is 1. The molecule has 0 bridgehead atoms. The number of anilines is 1. The molecule has 0 spiro atoms. The van der Waals surface area contributed by atoms with Crippen molar-refractivity contribution in [2.75, 3.05) is 52.8 Å². The molecule has 12 heteroatoms. The van der Waals surface area contributed by atoms with Crippen LogP contribution >= 0.6 is 0 Å². The smallest absolute Gasteiger partial charge is 0.255 e. The Morgan fingerprint density at radius 2 is 1.81 bits per heavy atom. The quantitative estimate of drug-likeness (QED) is 0.246. The molecule has 1 aromatic rings. The van der Waals surface area contributed by atoms with E-state index in [0.717, 1.165) is 38.3 Å². The van der Waals surface area contributed by atoms with E-state index in [9.17, 15) is 34.8 Å². The van der Waals surface area contributed by atoms with Crippen molar-refractivity contribution in [1.82, 2.24) is 10.2 Å². The fraction of sp³-hybridized carbons (Fsp3) is 0.567. The van der Waals surface area contributed by atoms with Crippen LogP contribution in [-0.4, -0.2) is 102 Å². The van der Waals surface area contributed by atoms with E-state index in [2.05, 4.69) is 5.32 Å². The lowest BCUT2D eigenvalue weighted by Gasteiger charge is -2.50. The highest BCUT2D eigenvalue weighted by atomic mass is 16.5. The van der Waals surface area contributed by atoms with Crippen molar-refractivity contribution in [2.24, 2.45) is 23.5 Å². The van der Waals surface area contributed by atoms with Crippen LogP contribution in [0.5, 0.6) is 5.75 Å². The number of rotatable bonds is 7. The van der Waals surface area contributed by atoms with E-state index >= 15 is 0 Å². The van der Waals surface area contributed by atoms with Crippen LogP contribution in [0.25, 0.3) is 5.76 Å². The number of hydrogen-bond acceptors (Lipinski definition) is 11. The third kappa shape index (κ3) is 4.57. The molecule has 42 heavy (non-hydrogen) atoms. The number of ether oxygens (including phenoxy) is 1. The summed E-state index contributed by atoms with van der Waals surface area (Å²) in [6.07, 6.45) is 2.19. The number of aliphatic hydroxyl groups is 3. The number of ketones is 2. The molecular formula is C30H40N4O8. The molecule has 1 amide bonds. The highest BCUT2D eigenvalue weighted by molar-refractivity contribution is 6.24. The van der Waals surface area contributed by atoms with Crippen LogP contribution in [0.4, 0.5) is 5.69 Å². The fourth-order valence-electron chi connectivity index (χ4n) is 7.24. The highest BCUT2D eigenvalue weighted by Gasteiger charge is 2.64. The molecule has 1 aliphatic heterocycles. The molecule has 3 aliphatic carbocycles. The second-order valence-corrected chi connectivity index (χ2v) is 12.3. The van der Waals surface area contributed by atoms with Gasteiger partial charge in [-0.25, -0.2) is 0 Å². The molecule has 1 heterocycles. The van der Waals surface area contributed by atoms with Gasteiger partial charge in [-0.15, -0.1) is 0 Å². The lowest BCUT2D eigenvalue weighted by Crippen LogP contribution is -2.65. The van der Waals surface area contributed by atoms with E-state index in [1.54, 1.807) is 14.1 Å². The highest BCUT2D eigenvalue weighted by Crippen LogP contribution is 2.54. The van der Waals surface area contributed by atoms with E-state index < -0.39 is 58.0 Å². The summed E-state index contributed by atoms with van der Waals surface area (Å²) in [6.45, 7) is 2.50. The summed E-state index contributed by atoms with van der Waals surface area (Å²) >= 11 is 0. The molecule has 5 rings (SSSR count). The maximum atomic E-state index is 14.1. The number of fused-ring (bicyclic) bond motifs is 3. The van der Waals surface area contributed by atoms with Gasteiger partial charge in [0.05, 0.1) is 11.6 Å². The van der Waals surface area contributed by atoms with Crippen molar-refractivity contribution in [1.29, 1.82) is 0 Å². The maximum Gasteiger partial charge on any atom is 0.255 e. The Morgan fingerprint density at radius 1 is 1.14 bits per heavy atom. The van der Waals surface area contributed by atoms with E-state index in [1.165, 1.54) is 4.90 Å². The predicted molar refractivity (Wildman–Crippen MR) is 154 cm³/mol. The minimum atomic E-state index is -2.66. The number of carbonyl (C=O) groups is 3. The van der Waals surface area contributed by atoms with Crippen LogP contribution in [0.15, 0.2) is 23.0 Å². The molecule has 1 aromatic carbocycles. The Labute approximate surface area is 244 Å². The van der Waals surface area contributed by atoms with E-state index in [0.29, 0.717) is 23.6 Å². The number of aliphatic hydroxyl groups excluding tert-OH is 2. The Hall–Kier alpha value is -3.45. The van der Waals surface area contributed by atoms with Gasteiger partial charge in [-0.2, -0.15) is 0 Å². The van der Waals surface area contributed by atoms with Crippen LogP contribution < -0.4 is 16.0 Å². The summed E-state index contributed by atoms with van der Waals surface area (Å²) in [5.74, 6) is -6.09. The molecule has 0 radical (unpaired) electrons. The van der Waals surface area contributed by atoms with Crippen LogP contribution in [-0.2, 0) is 32.1 Å². The zero-order valence-corrected chi connectivity index (χ0v) is 24.4. The first kappa shape index (κ1) is 30.0. The molecule has 12 nitrogen and oxygen atoms in total. The average Bonchev–Trinajstić information content (AvgIpc) is 2.92. The number of benzene rings is 1. The molecule has 7 N–H and O–H groups in total. The summed E-state index contributed by atoms with van der Waals surface area (Å²) in [7, 11) is 6.85. The Balaban J connectivity index is 1.60. The summed E-state index contributed by atoms with van der Waals surface area (Å²) in [6, 6.07) is 0.749. The van der Waals surface area contributed by atoms with Gasteiger partial charge >= 0.3 is 0 Å². The van der Waals surface area contributed by atoms with Crippen molar-refractivity contribution >= 4 is 28.9 Å². The van der Waals surface area contributed by atoms with Gasteiger partial charge < -0.3 is 41.1 Å². The van der Waals surface area contributed by atoms with Crippen molar-refractivity contribution in [3.05, 3.63) is 39.7 Å². The SMILES string of the molecule is CN(C)c1cc(CNCC2CCOCC2)c(O)c2c1C[C@H]1C[C@@H]3C(N(C)C)C(=O)C(C(N)=O)=C(O)[C@@]3(O)C(=O)C1=C2O. The topological polar surface area (TPSA) is 186 Å². The number of aromatic hydroxyl groups is 1. The standard InChI is InChI=1S/C30H40N4O8/c1-33(2)19-11-16(13-32-12-14-5-7-42-8-6-14)24(35)21-17(19)9-15-10-18-23(34(3)4)26(37)22(29(31)40)28(39)30(18,41)27(38)20(15)25(21)36/h11,14-15,18,23,32,35-36,39,41H,5-10,12-13H2,1-4H3,(H2,31,40)/t15-,18+,23?,30-/m0/s1. The molecule has 228 valence electrons. The van der Waals surface area contributed by atoms with Crippen molar-refractivity contribution in [2.45, 2.75) is 43.9 Å². The molecule has 4 aliphatic rings. The lowest BCUT2D eigenvalue weighted by atomic mass is 9.57. The Morgan fingerprint density at radius 3 is 2.40 bits per heavy atom. The van der Waals surface area contributed by atoms with E-state index in [4.69, 9.17) is 10.5 Å². The van der Waals surface area contributed by atoms with Gasteiger partial charge in [0.15, 0.2) is 11.4 Å². The molecule has 4 atom stereocenters. The summed E-state index contributed by atoms with van der Waals surface area (Å²) in [5, 5.41) is 49.3. The lowest BCUT2D eigenvalue weighted by molar-refractivity contribution is -0.153. The Kier molecular flexibility index (Phi) is 7.86. The van der Waals surface area contributed by atoms with Crippen LogP contribution in [0.3, 0.4) is 0 Å². The number of amides is 1. The molecular weight excluding hydrogens is 544 g/mol. The first-order valence-electron chi connectivity index (χ1n) is 14.3. The minimum absolute atomic E-state index is 0.0494. The second kappa shape index (κ2) is 11.0. The first-order chi connectivity index (χ1) is 19.8. The number of primary amides is 1. The van der Waals surface area contributed by atoms with Gasteiger partial charge in [0.2, 0.25) is 5.78 Å². The normalized spacial score (nSPS) is 28.1. The molecule has 2 fully saturated rings. The fourth-order valence-corrected chi connectivity index (χ4v) is 7.24. The monoisotopic (exact) mass is 584 g/mol. The number of nitrogens with two attached hydrogens (primary N) is 1. The summed E-state index contributed by atoms with van der Waals surface area (Å²) < 4.78 is 5.43. The van der Waals surface area contributed by atoms with Gasteiger partial charge in [0.1, 0.15) is 22.8 Å². The maximum absolute atomic E-state index is 14.1. The minimum Gasteiger partial charge on any atom is -0.508 e. The number of hydrogen-bond donors (Lipinski definition) is 6. The van der Waals surface area contributed by atoms with Crippen molar-refractivity contribution < 1.29 is 39.5 Å². The van der Waals surface area contributed by atoms with Gasteiger partial charge in [-0.05, 0) is 69.8 Å². The zero-order valence-electron chi connectivity index (χ0n) is 24.4. The first-order valence-corrected chi connectivity index (χ1v) is 14.3. The number of phenols is 1. The van der Waals surface area contributed by atoms with E-state index in [1.807, 2.05) is 25.1 Å². The summed E-state index contributed by atoms with van der Waals surface area (Å²) in [5.41, 5.74) is 3.78. The van der Waals surface area contributed by atoms with Crippen LogP contribution in [0, 0.1) is 17.8 Å². The number of carbonyl (C=O) groups excluding carboxylic acids is 3. The number of likely N-dealkylation sites (N-methyl/N-ethyl adjacent to an activating group) is 1. The third-order valence-corrected chi connectivity index (χ3v) is 9.35. The molecule has 1 saturated heterocycles. The molecule has 1 unspecified atom stereocenters. The second-order valence-electron chi connectivity index (χ2n) is 12.3. The largest absolute Gasteiger partial charge is 0.508 e. The molecule has 1 saturated carbocycles. The number of nitrogens with zero attached hydrogens (tertiary/aromatic N) is 2. The Bertz CT molecular complexity index is 1390. The van der Waals surface area contributed by atoms with Crippen molar-refractivity contribution in [3.63, 3.8) is 0 Å². The molecule has 0 aromatic heterocycles. The number of nitrogens with one attached hydrogen (secondary N) is 1. The zero-order chi connectivity index (χ0) is 30.7. The average molecular weight is 585 g/mol. The van der Waals surface area contributed by atoms with Gasteiger partial charge in [0.25, 0.3) is 5.91 Å². The summed E-state index contributed by atoms with van der Waals surface area (Å²) in [4.78, 5) is 42.9. The van der Waals surface area contributed by atoms with Gasteiger partial charge in [-0.3, -0.25) is 19.3 Å². The van der Waals surface area contributed by atoms with E-state index in [-0.39, 0.29) is 29.7 Å².